The summed E-state index contributed by atoms with van der Waals surface area (Å²) >= 11 is 0. The van der Waals surface area contributed by atoms with Crippen LogP contribution >= 0.6 is 0 Å². The van der Waals surface area contributed by atoms with E-state index in [1.165, 1.54) is 11.1 Å². The molecule has 8 nitrogen and oxygen atoms in total. The van der Waals surface area contributed by atoms with Crippen LogP contribution in [0.3, 0.4) is 0 Å². The van der Waals surface area contributed by atoms with Gasteiger partial charge in [-0.25, -0.2) is 4.99 Å². The van der Waals surface area contributed by atoms with E-state index in [2.05, 4.69) is 78.6 Å². The van der Waals surface area contributed by atoms with E-state index in [1.807, 2.05) is 38.7 Å². The molecular weight excluding hydrogens is 514 g/mol. The van der Waals surface area contributed by atoms with Crippen LogP contribution in [0.15, 0.2) is 65.7 Å². The summed E-state index contributed by atoms with van der Waals surface area (Å²) in [4.78, 5) is 35.2. The first-order chi connectivity index (χ1) is 19.6. The summed E-state index contributed by atoms with van der Waals surface area (Å²) in [6, 6.07) is 20.6. The standard InChI is InChI=1S/C23H27N5O.C8H10.2CH2O/c1-14-4-5-17(21(25)26-15(2)24)12-18(14)16-6-7-19-20(13-16)27-22(29)23(19)8-10-28(3)11-9-23;1-7-3-5-8(2)6-4-7;2*1-2/h4-7,12-13H,8-11H2,1-3H3,(H,27,29)(H3,24,25,26);3-6H,1-2H3;2*1H2. The fraction of sp³-hybridized carbons (Fsp3) is 0.303. The highest BCUT2D eigenvalue weighted by Crippen LogP contribution is 2.46. The quantitative estimate of drug-likeness (QED) is 0.295. The number of anilines is 1. The number of benzene rings is 3. The smallest absolute Gasteiger partial charge is 0.235 e. The van der Waals surface area contributed by atoms with Gasteiger partial charge in [0.15, 0.2) is 5.84 Å². The molecule has 0 unspecified atom stereocenters. The summed E-state index contributed by atoms with van der Waals surface area (Å²) < 4.78 is 0. The molecule has 2 heterocycles. The molecule has 0 atom stereocenters. The molecule has 0 radical (unpaired) electrons. The van der Waals surface area contributed by atoms with Crippen LogP contribution in [0.5, 0.6) is 0 Å². The van der Waals surface area contributed by atoms with Crippen LogP contribution in [-0.4, -0.2) is 56.2 Å². The Morgan fingerprint density at radius 1 is 0.927 bits per heavy atom. The maximum absolute atomic E-state index is 12.9. The average molecular weight is 556 g/mol. The van der Waals surface area contributed by atoms with Gasteiger partial charge in [-0.3, -0.25) is 10.2 Å². The van der Waals surface area contributed by atoms with Gasteiger partial charge in [-0.05, 0) is 95.1 Å². The summed E-state index contributed by atoms with van der Waals surface area (Å²) in [6.45, 7) is 13.8. The second kappa shape index (κ2) is 14.8. The fourth-order valence-electron chi connectivity index (χ4n) is 5.05. The fourth-order valence-corrected chi connectivity index (χ4v) is 5.05. The number of rotatable bonds is 2. The van der Waals surface area contributed by atoms with Gasteiger partial charge >= 0.3 is 0 Å². The largest absolute Gasteiger partial charge is 0.387 e. The Morgan fingerprint density at radius 3 is 2.02 bits per heavy atom. The van der Waals surface area contributed by atoms with E-state index in [4.69, 9.17) is 20.7 Å². The van der Waals surface area contributed by atoms with Gasteiger partial charge in [0.1, 0.15) is 13.6 Å². The van der Waals surface area contributed by atoms with Crippen LogP contribution in [0.2, 0.25) is 0 Å². The summed E-state index contributed by atoms with van der Waals surface area (Å²) in [5, 5.41) is 11.3. The van der Waals surface area contributed by atoms with E-state index in [0.29, 0.717) is 11.4 Å². The number of aryl methyl sites for hydroxylation is 3. The molecule has 0 aliphatic carbocycles. The third kappa shape index (κ3) is 7.83. The minimum absolute atomic E-state index is 0.123. The van der Waals surface area contributed by atoms with Crippen molar-refractivity contribution in [1.82, 2.24) is 4.90 Å². The van der Waals surface area contributed by atoms with Gasteiger partial charge < -0.3 is 25.5 Å². The Labute approximate surface area is 243 Å². The molecule has 1 spiro atoms. The Hall–Kier alpha value is -4.43. The van der Waals surface area contributed by atoms with Crippen molar-refractivity contribution >= 4 is 36.8 Å². The number of hydrogen-bond donors (Lipinski definition) is 3. The lowest BCUT2D eigenvalue weighted by Crippen LogP contribution is -2.45. The van der Waals surface area contributed by atoms with Crippen molar-refractivity contribution in [2.45, 2.75) is 46.0 Å². The first kappa shape index (κ1) is 32.8. The molecule has 3 aromatic rings. The maximum atomic E-state index is 12.9. The molecule has 4 N–H and O–H groups in total. The third-order valence-electron chi connectivity index (χ3n) is 7.39. The van der Waals surface area contributed by atoms with Crippen molar-refractivity contribution in [2.24, 2.45) is 10.7 Å². The summed E-state index contributed by atoms with van der Waals surface area (Å²) in [7, 11) is 2.10. The number of nitrogens with zero attached hydrogens (tertiary/aromatic N) is 2. The van der Waals surface area contributed by atoms with Crippen LogP contribution in [0.1, 0.15) is 47.6 Å². The summed E-state index contributed by atoms with van der Waals surface area (Å²) in [6.07, 6.45) is 1.70. The Kier molecular flexibility index (Phi) is 11.8. The minimum Gasteiger partial charge on any atom is -0.387 e. The topological polar surface area (TPSA) is 129 Å². The van der Waals surface area contributed by atoms with Gasteiger partial charge in [0, 0.05) is 11.3 Å². The van der Waals surface area contributed by atoms with Crippen molar-refractivity contribution in [3.8, 4) is 11.1 Å². The normalized spacial score (nSPS) is 15.1. The van der Waals surface area contributed by atoms with Crippen LogP contribution in [0, 0.1) is 26.2 Å². The number of likely N-dealkylation sites (tertiary alicyclic amines) is 1. The Morgan fingerprint density at radius 2 is 1.49 bits per heavy atom. The monoisotopic (exact) mass is 555 g/mol. The van der Waals surface area contributed by atoms with Crippen molar-refractivity contribution in [1.29, 1.82) is 5.41 Å². The lowest BCUT2D eigenvalue weighted by molar-refractivity contribution is -0.122. The number of aliphatic imine (C=N–C) groups is 1. The van der Waals surface area contributed by atoms with E-state index in [0.717, 1.165) is 53.9 Å². The van der Waals surface area contributed by atoms with E-state index >= 15 is 0 Å². The number of hydrogen-bond acceptors (Lipinski definition) is 5. The SMILES string of the molecule is C=O.C=O.CC(N)=NC(=N)c1ccc(C)c(-c2ccc3c(c2)NC(=O)C32CCN(C)CC2)c1.Cc1ccc(C)cc1. The Balaban J connectivity index is 0.000000414. The molecule has 1 fully saturated rings. The number of piperidine rings is 1. The van der Waals surface area contributed by atoms with Gasteiger partial charge in [-0.15, -0.1) is 0 Å². The number of amides is 1. The number of fused-ring (bicyclic) bond motifs is 2. The first-order valence-electron chi connectivity index (χ1n) is 13.4. The van der Waals surface area contributed by atoms with Crippen LogP contribution in [0.25, 0.3) is 11.1 Å². The highest BCUT2D eigenvalue weighted by Gasteiger charge is 2.47. The van der Waals surface area contributed by atoms with Gasteiger partial charge in [0.2, 0.25) is 5.91 Å². The third-order valence-corrected chi connectivity index (χ3v) is 7.39. The number of carbonyl (C=O) groups excluding carboxylic acids is 3. The number of carbonyl (C=O) groups is 3. The molecule has 2 aliphatic heterocycles. The summed E-state index contributed by atoms with van der Waals surface area (Å²) in [5.41, 5.74) is 13.8. The molecule has 1 amide bonds. The van der Waals surface area contributed by atoms with Crippen molar-refractivity contribution in [2.75, 3.05) is 25.5 Å². The Bertz CT molecular complexity index is 1360. The number of nitrogens with two attached hydrogens (primary N) is 1. The molecule has 0 aromatic heterocycles. The predicted molar refractivity (Wildman–Crippen MR) is 168 cm³/mol. The lowest BCUT2D eigenvalue weighted by Gasteiger charge is -2.36. The highest BCUT2D eigenvalue weighted by molar-refractivity contribution is 6.07. The summed E-state index contributed by atoms with van der Waals surface area (Å²) in [5.74, 6) is 0.629. The van der Waals surface area contributed by atoms with E-state index < -0.39 is 5.41 Å². The van der Waals surface area contributed by atoms with E-state index in [-0.39, 0.29) is 11.7 Å². The van der Waals surface area contributed by atoms with E-state index in [1.54, 1.807) is 6.92 Å². The first-order valence-corrected chi connectivity index (χ1v) is 13.4. The molecule has 216 valence electrons. The predicted octanol–water partition coefficient (Wildman–Crippen LogP) is 5.21. The van der Waals surface area contributed by atoms with Gasteiger partial charge in [-0.1, -0.05) is 59.7 Å². The second-order valence-corrected chi connectivity index (χ2v) is 10.4. The second-order valence-electron chi connectivity index (χ2n) is 10.4. The van der Waals surface area contributed by atoms with Crippen molar-refractivity contribution < 1.29 is 14.4 Å². The molecule has 5 rings (SSSR count). The molecule has 41 heavy (non-hydrogen) atoms. The molecule has 3 aromatic carbocycles. The molecule has 0 saturated carbocycles. The number of nitrogens with one attached hydrogen (secondary N) is 2. The van der Waals surface area contributed by atoms with Crippen LogP contribution < -0.4 is 11.1 Å². The van der Waals surface area contributed by atoms with Crippen molar-refractivity contribution in [3.63, 3.8) is 0 Å². The minimum atomic E-state index is -0.396. The lowest BCUT2D eigenvalue weighted by atomic mass is 9.73. The zero-order valence-electron chi connectivity index (χ0n) is 24.7. The number of amidine groups is 2. The van der Waals surface area contributed by atoms with E-state index in [9.17, 15) is 4.79 Å². The van der Waals surface area contributed by atoms with Crippen LogP contribution in [0.4, 0.5) is 5.69 Å². The van der Waals surface area contributed by atoms with Crippen LogP contribution in [-0.2, 0) is 19.8 Å². The molecule has 2 aliphatic rings. The van der Waals surface area contributed by atoms with Gasteiger partial charge in [0.25, 0.3) is 0 Å². The van der Waals surface area contributed by atoms with Gasteiger partial charge in [-0.2, -0.15) is 0 Å². The zero-order valence-corrected chi connectivity index (χ0v) is 24.7. The molecule has 0 bridgehead atoms. The maximum Gasteiger partial charge on any atom is 0.235 e. The van der Waals surface area contributed by atoms with Gasteiger partial charge in [0.05, 0.1) is 11.3 Å². The molecule has 8 heteroatoms. The average Bonchev–Trinajstić information content (AvgIpc) is 3.24. The molecule has 1 saturated heterocycles. The zero-order chi connectivity index (χ0) is 30.7. The van der Waals surface area contributed by atoms with Crippen molar-refractivity contribution in [3.05, 3.63) is 88.5 Å². The molecular formula is C33H41N5O3. The highest BCUT2D eigenvalue weighted by atomic mass is 16.2.